The zero-order valence-corrected chi connectivity index (χ0v) is 22.9. The zero-order valence-electron chi connectivity index (χ0n) is 17.4. The molecule has 156 valence electrons. The van der Waals surface area contributed by atoms with Crippen LogP contribution in [-0.2, 0) is 17.4 Å². The number of hydrogen-bond acceptors (Lipinski definition) is 0. The molecule has 4 aliphatic rings. The molecule has 2 fully saturated rings. The van der Waals surface area contributed by atoms with Gasteiger partial charge in [-0.05, 0) is 0 Å². The van der Waals surface area contributed by atoms with E-state index in [0.717, 1.165) is 19.1 Å². The first-order valence-corrected chi connectivity index (χ1v) is 23.4. The normalized spacial score (nSPS) is 30.4. The van der Waals surface area contributed by atoms with Gasteiger partial charge in [-0.2, -0.15) is 0 Å². The number of fused-ring (bicyclic) bond motifs is 2. The summed E-state index contributed by atoms with van der Waals surface area (Å²) in [7, 11) is 0. The van der Waals surface area contributed by atoms with Crippen molar-refractivity contribution >= 4 is 35.0 Å². The molecule has 0 aromatic heterocycles. The summed E-state index contributed by atoms with van der Waals surface area (Å²) >= 11 is -3.32. The van der Waals surface area contributed by atoms with Gasteiger partial charge in [0.1, 0.15) is 0 Å². The van der Waals surface area contributed by atoms with Crippen molar-refractivity contribution in [1.29, 1.82) is 0 Å². The van der Waals surface area contributed by atoms with Gasteiger partial charge >= 0.3 is 168 Å². The molecule has 0 bridgehead atoms. The number of hydrogen-bond donors (Lipinski definition) is 0. The number of rotatable bonds is 3. The molecule has 29 heavy (non-hydrogen) atoms. The van der Waals surface area contributed by atoms with E-state index in [-0.39, 0.29) is 24.8 Å². The first-order valence-electron chi connectivity index (χ1n) is 10.9. The Labute approximate surface area is 191 Å². The Morgan fingerprint density at radius 2 is 1.24 bits per heavy atom. The molecule has 0 radical (unpaired) electrons. The van der Waals surface area contributed by atoms with Crippen molar-refractivity contribution in [2.75, 3.05) is 0 Å². The van der Waals surface area contributed by atoms with Crippen LogP contribution >= 0.6 is 24.8 Å². The van der Waals surface area contributed by atoms with Gasteiger partial charge in [-0.25, -0.2) is 0 Å². The maximum absolute atomic E-state index is 3.32. The summed E-state index contributed by atoms with van der Waals surface area (Å²) in [6.45, 7) is 2.54. The van der Waals surface area contributed by atoms with Gasteiger partial charge in [-0.15, -0.1) is 24.8 Å². The van der Waals surface area contributed by atoms with E-state index >= 15 is 0 Å². The summed E-state index contributed by atoms with van der Waals surface area (Å²) in [5.41, 5.74) is 3.67. The first kappa shape index (κ1) is 23.5. The molecule has 0 spiro atoms. The average molecular weight is 525 g/mol. The molecule has 0 amide bonds. The Kier molecular flexibility index (Phi) is 7.12. The van der Waals surface area contributed by atoms with E-state index in [4.69, 9.17) is 0 Å². The first-order chi connectivity index (χ1) is 13.1. The minimum absolute atomic E-state index is 0. The molecule has 2 saturated carbocycles. The van der Waals surface area contributed by atoms with Crippen LogP contribution in [-0.4, -0.2) is 6.88 Å². The molecular weight excluding hydrogens is 490 g/mol. The number of benzene rings is 1. The van der Waals surface area contributed by atoms with Crippen LogP contribution in [0.25, 0.3) is 0 Å². The summed E-state index contributed by atoms with van der Waals surface area (Å²) in [5, 5.41) is 0. The van der Waals surface area contributed by atoms with Crippen LogP contribution < -0.4 is 3.27 Å². The van der Waals surface area contributed by atoms with E-state index in [2.05, 4.69) is 78.3 Å². The monoisotopic (exact) mass is 522 g/mol. The predicted octanol–water partition coefficient (Wildman–Crippen LogP) is 6.61. The number of allylic oxidation sites excluding steroid dienone is 8. The minimum atomic E-state index is -3.32. The molecular formula is C25H34Cl2SiZr. The standard InChI is InChI=1S/2C9H11.C6H5.CH3.2ClH.H2Si.Zr/c2*1-2-5-9-7-3-6-8(9)4-1;1-2-4-6-5-3-1;;;;;/h2*1-2,4,6,9H,3,5,7H2;1-5H;1H3;2*1H;1H2;. The van der Waals surface area contributed by atoms with Crippen LogP contribution in [0.5, 0.6) is 0 Å². The van der Waals surface area contributed by atoms with E-state index in [1.165, 1.54) is 38.5 Å². The van der Waals surface area contributed by atoms with Crippen LogP contribution in [0.15, 0.2) is 77.9 Å². The molecule has 1 aromatic carbocycles. The molecule has 0 nitrogen and oxygen atoms in total. The average Bonchev–Trinajstić information content (AvgIpc) is 3.34. The van der Waals surface area contributed by atoms with Gasteiger partial charge < -0.3 is 0 Å². The van der Waals surface area contributed by atoms with E-state index in [1.807, 2.05) is 11.1 Å². The summed E-state index contributed by atoms with van der Waals surface area (Å²) in [4.78, 5) is 0. The zero-order chi connectivity index (χ0) is 18.5. The summed E-state index contributed by atoms with van der Waals surface area (Å²) in [6, 6.07) is 11.9. The molecule has 4 aliphatic carbocycles. The van der Waals surface area contributed by atoms with Gasteiger partial charge in [0.15, 0.2) is 0 Å². The van der Waals surface area contributed by atoms with Gasteiger partial charge in [0.05, 0.1) is 0 Å². The molecule has 4 atom stereocenters. The van der Waals surface area contributed by atoms with Crippen LogP contribution in [0.4, 0.5) is 0 Å². The molecule has 0 saturated heterocycles. The van der Waals surface area contributed by atoms with Crippen LogP contribution in [0.2, 0.25) is 11.9 Å². The molecule has 4 heteroatoms. The van der Waals surface area contributed by atoms with E-state index in [1.54, 1.807) is 3.27 Å². The fraction of sp³-hybridized carbons (Fsp3) is 0.440. The second-order valence-corrected chi connectivity index (χ2v) is 36.8. The van der Waals surface area contributed by atoms with Gasteiger partial charge in [0, 0.05) is 0 Å². The summed E-state index contributed by atoms with van der Waals surface area (Å²) < 4.78 is 6.32. The Hall–Kier alpha value is -0.140. The third-order valence-corrected chi connectivity index (χ3v) is 34.3. The molecule has 1 aromatic rings. The maximum atomic E-state index is 2.84. The SMILES string of the molecule is Cl.Cl.[CH3][Zr](=[SiH2])([c]1ccccc1)([CH]1CCC2CC=CC=C21)[CH]1CCC2CC=CC=C21. The molecule has 4 unspecified atom stereocenters. The summed E-state index contributed by atoms with van der Waals surface area (Å²) in [5.74, 6) is 1.66. The number of halogens is 2. The van der Waals surface area contributed by atoms with Crippen molar-refractivity contribution in [3.05, 3.63) is 77.9 Å². The molecule has 5 rings (SSSR count). The van der Waals surface area contributed by atoms with E-state index in [9.17, 15) is 0 Å². The topological polar surface area (TPSA) is 0 Å². The van der Waals surface area contributed by atoms with Crippen molar-refractivity contribution in [3.63, 3.8) is 0 Å². The van der Waals surface area contributed by atoms with Crippen molar-refractivity contribution in [2.24, 2.45) is 11.8 Å². The molecule has 0 heterocycles. The third-order valence-electron chi connectivity index (χ3n) is 8.59. The van der Waals surface area contributed by atoms with Crippen molar-refractivity contribution in [2.45, 2.75) is 50.4 Å². The van der Waals surface area contributed by atoms with Gasteiger partial charge in [0.25, 0.3) is 0 Å². The second kappa shape index (κ2) is 8.78. The van der Waals surface area contributed by atoms with Crippen molar-refractivity contribution in [3.8, 4) is 0 Å². The van der Waals surface area contributed by atoms with Crippen LogP contribution in [0, 0.1) is 11.8 Å². The third kappa shape index (κ3) is 3.61. The summed E-state index contributed by atoms with van der Waals surface area (Å²) in [6.07, 6.45) is 22.8. The quantitative estimate of drug-likeness (QED) is 0.390. The van der Waals surface area contributed by atoms with Gasteiger partial charge in [-0.1, -0.05) is 0 Å². The Balaban J connectivity index is 0.00000120. The predicted molar refractivity (Wildman–Crippen MR) is 132 cm³/mol. The van der Waals surface area contributed by atoms with Crippen LogP contribution in [0.1, 0.15) is 38.5 Å². The molecule has 0 N–H and O–H groups in total. The van der Waals surface area contributed by atoms with Crippen molar-refractivity contribution < 1.29 is 17.4 Å². The Morgan fingerprint density at radius 3 is 1.72 bits per heavy atom. The van der Waals surface area contributed by atoms with Crippen LogP contribution in [0.3, 0.4) is 0 Å². The fourth-order valence-electron chi connectivity index (χ4n) is 7.12. The van der Waals surface area contributed by atoms with Gasteiger partial charge in [0.2, 0.25) is 0 Å². The van der Waals surface area contributed by atoms with E-state index in [0.29, 0.717) is 0 Å². The Morgan fingerprint density at radius 1 is 0.759 bits per heavy atom. The second-order valence-electron chi connectivity index (χ2n) is 9.90. The Bertz CT molecular complexity index is 891. The van der Waals surface area contributed by atoms with E-state index < -0.39 is 17.4 Å². The molecule has 0 aliphatic heterocycles. The van der Waals surface area contributed by atoms with Gasteiger partial charge in [-0.3, -0.25) is 0 Å². The van der Waals surface area contributed by atoms with Crippen molar-refractivity contribution in [1.82, 2.24) is 0 Å². The fourth-order valence-corrected chi connectivity index (χ4v) is 30.7.